The van der Waals surface area contributed by atoms with Gasteiger partial charge >= 0.3 is 69.4 Å². The van der Waals surface area contributed by atoms with Crippen molar-refractivity contribution in [2.75, 3.05) is 0 Å². The fraction of sp³-hybridized carbons (Fsp3) is 0. The van der Waals surface area contributed by atoms with Crippen molar-refractivity contribution in [3.63, 3.8) is 0 Å². The van der Waals surface area contributed by atoms with Crippen LogP contribution in [-0.2, 0) is 17.1 Å². The SMILES string of the molecule is S.[Cu].[H-].[H-].[SnH2].[Sr+2]. The molecule has 0 atom stereocenters. The van der Waals surface area contributed by atoms with Crippen LogP contribution in [0.4, 0.5) is 0 Å². The van der Waals surface area contributed by atoms with Gasteiger partial charge in [-0.15, -0.1) is 0 Å². The fourth-order valence-electron chi connectivity index (χ4n) is 0. The molecule has 0 saturated heterocycles. The molecule has 0 aliphatic heterocycles. The van der Waals surface area contributed by atoms with Gasteiger partial charge < -0.3 is 2.85 Å². The second-order valence-corrected chi connectivity index (χ2v) is 0. The zero-order valence-corrected chi connectivity index (χ0v) is 11.7. The average molecular weight is 308 g/mol. The first-order valence-corrected chi connectivity index (χ1v) is 0. The van der Waals surface area contributed by atoms with Gasteiger partial charge in [0.1, 0.15) is 0 Å². The van der Waals surface area contributed by atoms with Crippen LogP contribution in [-0.4, -0.2) is 69.4 Å². The Balaban J connectivity index is 0. The molecule has 29 valence electrons. The minimum Gasteiger partial charge on any atom is 2.00 e. The van der Waals surface area contributed by atoms with Crippen molar-refractivity contribution >= 4 is 82.9 Å². The summed E-state index contributed by atoms with van der Waals surface area (Å²) < 4.78 is 0. The van der Waals surface area contributed by atoms with Gasteiger partial charge in [0, 0.05) is 17.1 Å². The van der Waals surface area contributed by atoms with Crippen LogP contribution in [0.1, 0.15) is 2.85 Å². The standard InChI is InChI=1S/Cu.H2S.Sn.Sr.4H/h;1H2;;;;;;/q;;;+2;;;2*-1. The van der Waals surface area contributed by atoms with E-state index in [9.17, 15) is 0 Å². The van der Waals surface area contributed by atoms with Crippen LogP contribution in [0, 0.1) is 0 Å². The zero-order chi connectivity index (χ0) is 0. The normalized spacial score (nSPS) is 0. The Kier molecular flexibility index (Phi) is 112. The number of rotatable bonds is 0. The molecule has 0 bridgehead atoms. The van der Waals surface area contributed by atoms with Gasteiger partial charge in [0.2, 0.25) is 0 Å². The predicted octanol–water partition coefficient (Wildman–Crippen LogP) is -0.962. The minimum absolute atomic E-state index is 0. The Morgan fingerprint density at radius 2 is 1.25 bits per heavy atom. The molecule has 4 heavy (non-hydrogen) atoms. The molecule has 0 aromatic carbocycles. The van der Waals surface area contributed by atoms with E-state index in [0.29, 0.717) is 0 Å². The summed E-state index contributed by atoms with van der Waals surface area (Å²) >= 11 is 0. The first-order valence-electron chi connectivity index (χ1n) is 0. The molecule has 0 aliphatic carbocycles. The second-order valence-electron chi connectivity index (χ2n) is 0. The molecule has 0 nitrogen and oxygen atoms in total. The Morgan fingerprint density at radius 1 is 1.25 bits per heavy atom. The molecule has 0 unspecified atom stereocenters. The van der Waals surface area contributed by atoms with Gasteiger partial charge in [0.25, 0.3) is 0 Å². The molecule has 0 spiro atoms. The summed E-state index contributed by atoms with van der Waals surface area (Å²) in [5.74, 6) is 0. The van der Waals surface area contributed by atoms with Crippen molar-refractivity contribution in [3.05, 3.63) is 0 Å². The third kappa shape index (κ3) is 8.94. The predicted molar refractivity (Wildman–Crippen MR) is 26.9 cm³/mol. The molecule has 0 aromatic rings. The summed E-state index contributed by atoms with van der Waals surface area (Å²) in [4.78, 5) is 0. The van der Waals surface area contributed by atoms with E-state index >= 15 is 0 Å². The van der Waals surface area contributed by atoms with E-state index in [0.717, 1.165) is 0 Å². The Bertz CT molecular complexity index is 13.5. The van der Waals surface area contributed by atoms with Crippen LogP contribution >= 0.6 is 13.5 Å². The molecular formula is H6CuSSnSr. The average Bonchev–Trinajstić information content (AvgIpc) is 0. The molecule has 4 heteroatoms. The van der Waals surface area contributed by atoms with Crippen molar-refractivity contribution in [3.8, 4) is 0 Å². The van der Waals surface area contributed by atoms with E-state index in [1.807, 2.05) is 0 Å². The maximum Gasteiger partial charge on any atom is 2.00 e. The molecular weight excluding hydrogens is 302 g/mol. The van der Waals surface area contributed by atoms with Crippen LogP contribution in [0.2, 0.25) is 0 Å². The maximum atomic E-state index is 0. The molecule has 0 saturated carbocycles. The van der Waals surface area contributed by atoms with Crippen LogP contribution in [0.15, 0.2) is 0 Å². The molecule has 0 fully saturated rings. The summed E-state index contributed by atoms with van der Waals surface area (Å²) in [6.07, 6.45) is 0. The summed E-state index contributed by atoms with van der Waals surface area (Å²) in [7, 11) is 0. The smallest absolute Gasteiger partial charge is 2.00 e. The fourth-order valence-corrected chi connectivity index (χ4v) is 0. The molecule has 0 amide bonds. The minimum atomic E-state index is 0. The quantitative estimate of drug-likeness (QED) is 0.506. The van der Waals surface area contributed by atoms with Gasteiger partial charge in [-0.3, -0.25) is 0 Å². The van der Waals surface area contributed by atoms with Gasteiger partial charge in [-0.25, -0.2) is 0 Å². The van der Waals surface area contributed by atoms with Gasteiger partial charge in [-0.2, -0.15) is 13.5 Å². The van der Waals surface area contributed by atoms with Crippen LogP contribution in [0.3, 0.4) is 0 Å². The van der Waals surface area contributed by atoms with E-state index in [1.54, 1.807) is 0 Å². The molecule has 0 N–H and O–H groups in total. The van der Waals surface area contributed by atoms with Gasteiger partial charge in [-0.1, -0.05) is 0 Å². The monoisotopic (exact) mass is 309 g/mol. The topological polar surface area (TPSA) is 0 Å². The Morgan fingerprint density at radius 3 is 1.25 bits per heavy atom. The van der Waals surface area contributed by atoms with E-state index < -0.39 is 0 Å². The van der Waals surface area contributed by atoms with Crippen molar-refractivity contribution in [1.82, 2.24) is 0 Å². The van der Waals surface area contributed by atoms with Crippen molar-refractivity contribution in [2.45, 2.75) is 0 Å². The first kappa shape index (κ1) is 27.3. The van der Waals surface area contributed by atoms with Crippen LogP contribution < -0.4 is 0 Å². The Hall–Kier alpha value is 3.15. The first-order chi connectivity index (χ1) is 0. The largest absolute Gasteiger partial charge is 2.00 e. The number of hydrogen-bond donors (Lipinski definition) is 0. The molecule has 0 rings (SSSR count). The van der Waals surface area contributed by atoms with Crippen molar-refractivity contribution < 1.29 is 19.9 Å². The molecule has 3 radical (unpaired) electrons. The van der Waals surface area contributed by atoms with E-state index in [-0.39, 0.29) is 103 Å². The third-order valence-electron chi connectivity index (χ3n) is 0. The van der Waals surface area contributed by atoms with Gasteiger partial charge in [0.05, 0.1) is 0 Å². The number of hydrogen-bond acceptors (Lipinski definition) is 0. The van der Waals surface area contributed by atoms with Crippen LogP contribution in [0.25, 0.3) is 0 Å². The third-order valence-corrected chi connectivity index (χ3v) is 0. The summed E-state index contributed by atoms with van der Waals surface area (Å²) in [6, 6.07) is 0. The summed E-state index contributed by atoms with van der Waals surface area (Å²) in [5.41, 5.74) is 0. The van der Waals surface area contributed by atoms with Gasteiger partial charge in [0.15, 0.2) is 0 Å². The molecule has 0 aromatic heterocycles. The summed E-state index contributed by atoms with van der Waals surface area (Å²) in [5, 5.41) is 0. The van der Waals surface area contributed by atoms with Crippen LogP contribution in [0.5, 0.6) is 0 Å². The second kappa shape index (κ2) is 16.4. The van der Waals surface area contributed by atoms with E-state index in [2.05, 4.69) is 0 Å². The van der Waals surface area contributed by atoms with Crippen molar-refractivity contribution in [1.29, 1.82) is 0 Å². The molecule has 0 heterocycles. The zero-order valence-electron chi connectivity index (χ0n) is 4.22. The van der Waals surface area contributed by atoms with Gasteiger partial charge in [-0.05, 0) is 0 Å². The summed E-state index contributed by atoms with van der Waals surface area (Å²) in [6.45, 7) is 0. The van der Waals surface area contributed by atoms with E-state index in [4.69, 9.17) is 0 Å². The Labute approximate surface area is 101 Å². The molecule has 0 aliphatic rings. The maximum absolute atomic E-state index is 0. The van der Waals surface area contributed by atoms with Crippen molar-refractivity contribution in [2.24, 2.45) is 0 Å². The van der Waals surface area contributed by atoms with E-state index in [1.165, 1.54) is 0 Å².